The molecule has 0 saturated heterocycles. The molecule has 7 heteroatoms. The second kappa shape index (κ2) is 13.0. The SMILES string of the molecule is COCCOc1ccccc1C(=O)NC(=S)Nc1ccc(OCCC2CCCCC2)cc1. The molecule has 3 rings (SSSR count). The van der Waals surface area contributed by atoms with Crippen molar-refractivity contribution in [3.63, 3.8) is 0 Å². The largest absolute Gasteiger partial charge is 0.494 e. The normalized spacial score (nSPS) is 13.9. The minimum atomic E-state index is -0.335. The first kappa shape index (κ1) is 24.0. The van der Waals surface area contributed by atoms with Crippen molar-refractivity contribution >= 4 is 28.9 Å². The van der Waals surface area contributed by atoms with E-state index in [-0.39, 0.29) is 11.0 Å². The predicted octanol–water partition coefficient (Wildman–Crippen LogP) is 5.19. The molecule has 6 nitrogen and oxygen atoms in total. The number of rotatable bonds is 10. The van der Waals surface area contributed by atoms with Gasteiger partial charge in [0.05, 0.1) is 18.8 Å². The Balaban J connectivity index is 1.45. The van der Waals surface area contributed by atoms with Crippen molar-refractivity contribution < 1.29 is 19.0 Å². The molecule has 1 fully saturated rings. The van der Waals surface area contributed by atoms with Crippen LogP contribution in [0.5, 0.6) is 11.5 Å². The van der Waals surface area contributed by atoms with Gasteiger partial charge in [0.15, 0.2) is 5.11 Å². The number of hydrogen-bond donors (Lipinski definition) is 2. The number of methoxy groups -OCH3 is 1. The zero-order valence-electron chi connectivity index (χ0n) is 18.6. The lowest BCUT2D eigenvalue weighted by molar-refractivity contribution is 0.0970. The molecule has 2 N–H and O–H groups in total. The third-order valence-electron chi connectivity index (χ3n) is 5.54. The smallest absolute Gasteiger partial charge is 0.261 e. The van der Waals surface area contributed by atoms with E-state index in [9.17, 15) is 4.79 Å². The van der Waals surface area contributed by atoms with Gasteiger partial charge in [-0.25, -0.2) is 0 Å². The highest BCUT2D eigenvalue weighted by Gasteiger charge is 2.14. The van der Waals surface area contributed by atoms with E-state index in [2.05, 4.69) is 10.6 Å². The summed E-state index contributed by atoms with van der Waals surface area (Å²) in [5.74, 6) is 1.79. The van der Waals surface area contributed by atoms with Gasteiger partial charge in [0.1, 0.15) is 18.1 Å². The van der Waals surface area contributed by atoms with Crippen molar-refractivity contribution in [2.24, 2.45) is 5.92 Å². The molecule has 172 valence electrons. The third kappa shape index (κ3) is 7.80. The van der Waals surface area contributed by atoms with Gasteiger partial charge >= 0.3 is 0 Å². The number of thiocarbonyl (C=S) groups is 1. The van der Waals surface area contributed by atoms with Crippen LogP contribution in [-0.2, 0) is 4.74 Å². The van der Waals surface area contributed by atoms with Crippen LogP contribution >= 0.6 is 12.2 Å². The Bertz CT molecular complexity index is 867. The lowest BCUT2D eigenvalue weighted by atomic mass is 9.87. The molecule has 0 unspecified atom stereocenters. The molecular weight excluding hydrogens is 424 g/mol. The number of benzene rings is 2. The Morgan fingerprint density at radius 2 is 1.72 bits per heavy atom. The summed E-state index contributed by atoms with van der Waals surface area (Å²) >= 11 is 5.30. The van der Waals surface area contributed by atoms with Crippen LogP contribution in [0.15, 0.2) is 48.5 Å². The number of nitrogens with one attached hydrogen (secondary N) is 2. The molecule has 0 radical (unpaired) electrons. The van der Waals surface area contributed by atoms with E-state index >= 15 is 0 Å². The van der Waals surface area contributed by atoms with E-state index in [1.807, 2.05) is 30.3 Å². The number of para-hydroxylation sites is 1. The first-order valence-electron chi connectivity index (χ1n) is 11.2. The third-order valence-corrected chi connectivity index (χ3v) is 5.74. The van der Waals surface area contributed by atoms with Gasteiger partial charge in [-0.3, -0.25) is 10.1 Å². The molecular formula is C25H32N2O4S. The maximum Gasteiger partial charge on any atom is 0.261 e. The zero-order chi connectivity index (χ0) is 22.6. The summed E-state index contributed by atoms with van der Waals surface area (Å²) in [5.41, 5.74) is 1.19. The lowest BCUT2D eigenvalue weighted by Crippen LogP contribution is -2.34. The van der Waals surface area contributed by atoms with Crippen LogP contribution in [0.25, 0.3) is 0 Å². The van der Waals surface area contributed by atoms with Gasteiger partial charge in [-0.1, -0.05) is 44.2 Å². The molecule has 1 aliphatic rings. The Hall–Kier alpha value is -2.64. The van der Waals surface area contributed by atoms with E-state index < -0.39 is 0 Å². The molecule has 1 saturated carbocycles. The maximum absolute atomic E-state index is 12.6. The number of ether oxygens (including phenoxy) is 3. The summed E-state index contributed by atoms with van der Waals surface area (Å²) in [6, 6.07) is 14.6. The van der Waals surface area contributed by atoms with Crippen molar-refractivity contribution in [2.45, 2.75) is 38.5 Å². The van der Waals surface area contributed by atoms with E-state index in [1.165, 1.54) is 32.1 Å². The van der Waals surface area contributed by atoms with Crippen LogP contribution in [0.2, 0.25) is 0 Å². The first-order chi connectivity index (χ1) is 15.7. The minimum absolute atomic E-state index is 0.215. The van der Waals surface area contributed by atoms with E-state index in [0.717, 1.165) is 30.4 Å². The highest BCUT2D eigenvalue weighted by molar-refractivity contribution is 7.80. The number of hydrogen-bond acceptors (Lipinski definition) is 5. The number of anilines is 1. The van der Waals surface area contributed by atoms with Crippen molar-refractivity contribution in [1.29, 1.82) is 0 Å². The van der Waals surface area contributed by atoms with E-state index in [1.54, 1.807) is 25.3 Å². The monoisotopic (exact) mass is 456 g/mol. The summed E-state index contributed by atoms with van der Waals surface area (Å²) in [6.45, 7) is 1.55. The van der Waals surface area contributed by atoms with Crippen LogP contribution in [0, 0.1) is 5.92 Å². The quantitative estimate of drug-likeness (QED) is 0.379. The molecule has 0 aromatic heterocycles. The van der Waals surface area contributed by atoms with Gasteiger partial charge in [-0.2, -0.15) is 0 Å². The highest BCUT2D eigenvalue weighted by atomic mass is 32.1. The van der Waals surface area contributed by atoms with Crippen LogP contribution in [-0.4, -0.2) is 38.0 Å². The molecule has 32 heavy (non-hydrogen) atoms. The van der Waals surface area contributed by atoms with E-state index in [0.29, 0.717) is 24.5 Å². The second-order valence-corrected chi connectivity index (χ2v) is 8.32. The Morgan fingerprint density at radius 3 is 2.47 bits per heavy atom. The van der Waals surface area contributed by atoms with Gasteiger partial charge in [-0.05, 0) is 61.0 Å². The average molecular weight is 457 g/mol. The fourth-order valence-corrected chi connectivity index (χ4v) is 4.01. The molecule has 2 aromatic carbocycles. The lowest BCUT2D eigenvalue weighted by Gasteiger charge is -2.21. The molecule has 0 heterocycles. The average Bonchev–Trinajstić information content (AvgIpc) is 2.81. The maximum atomic E-state index is 12.6. The minimum Gasteiger partial charge on any atom is -0.494 e. The molecule has 0 bridgehead atoms. The molecule has 1 amide bonds. The summed E-state index contributed by atoms with van der Waals surface area (Å²) in [6.07, 6.45) is 7.87. The van der Waals surface area contributed by atoms with Crippen LogP contribution < -0.4 is 20.1 Å². The summed E-state index contributed by atoms with van der Waals surface area (Å²) < 4.78 is 16.5. The van der Waals surface area contributed by atoms with E-state index in [4.69, 9.17) is 26.4 Å². The van der Waals surface area contributed by atoms with Crippen molar-refractivity contribution in [2.75, 3.05) is 32.2 Å². The van der Waals surface area contributed by atoms with Gasteiger partial charge in [0.25, 0.3) is 5.91 Å². The summed E-state index contributed by atoms with van der Waals surface area (Å²) in [7, 11) is 1.60. The molecule has 1 aliphatic carbocycles. The summed E-state index contributed by atoms with van der Waals surface area (Å²) in [5, 5.41) is 5.95. The van der Waals surface area contributed by atoms with Crippen molar-refractivity contribution in [3.8, 4) is 11.5 Å². The van der Waals surface area contributed by atoms with Crippen molar-refractivity contribution in [3.05, 3.63) is 54.1 Å². The molecule has 0 atom stereocenters. The van der Waals surface area contributed by atoms with Crippen LogP contribution in [0.4, 0.5) is 5.69 Å². The van der Waals surface area contributed by atoms with Gasteiger partial charge in [-0.15, -0.1) is 0 Å². The Labute approximate surface area is 195 Å². The van der Waals surface area contributed by atoms with Crippen molar-refractivity contribution in [1.82, 2.24) is 5.32 Å². The standard InChI is InChI=1S/C25H32N2O4S/c1-29-17-18-31-23-10-6-5-9-22(23)24(28)27-25(32)26-20-11-13-21(14-12-20)30-16-15-19-7-3-2-4-8-19/h5-6,9-14,19H,2-4,7-8,15-18H2,1H3,(H2,26,27,28,32). The topological polar surface area (TPSA) is 68.8 Å². The first-order valence-corrected chi connectivity index (χ1v) is 11.6. The van der Waals surface area contributed by atoms with Crippen LogP contribution in [0.1, 0.15) is 48.9 Å². The number of carbonyl (C=O) groups is 1. The highest BCUT2D eigenvalue weighted by Crippen LogP contribution is 2.26. The molecule has 0 aliphatic heterocycles. The Morgan fingerprint density at radius 1 is 0.969 bits per heavy atom. The van der Waals surface area contributed by atoms with Gasteiger partial charge in [0.2, 0.25) is 0 Å². The molecule has 0 spiro atoms. The fraction of sp³-hybridized carbons (Fsp3) is 0.440. The Kier molecular flexibility index (Phi) is 9.78. The number of carbonyl (C=O) groups excluding carboxylic acids is 1. The predicted molar refractivity (Wildman–Crippen MR) is 131 cm³/mol. The van der Waals surface area contributed by atoms with Gasteiger partial charge in [0, 0.05) is 12.8 Å². The summed E-state index contributed by atoms with van der Waals surface area (Å²) in [4.78, 5) is 12.6. The van der Waals surface area contributed by atoms with Crippen LogP contribution in [0.3, 0.4) is 0 Å². The zero-order valence-corrected chi connectivity index (χ0v) is 19.4. The molecule has 2 aromatic rings. The van der Waals surface area contributed by atoms with Gasteiger partial charge < -0.3 is 19.5 Å². The fourth-order valence-electron chi connectivity index (χ4n) is 3.80. The number of amides is 1. The second-order valence-electron chi connectivity index (χ2n) is 7.91.